The number of benzene rings is 1. The van der Waals surface area contributed by atoms with Crippen LogP contribution in [0.5, 0.6) is 0 Å². The van der Waals surface area contributed by atoms with Crippen LogP contribution in [0.3, 0.4) is 0 Å². The third kappa shape index (κ3) is 3.46. The van der Waals surface area contributed by atoms with Crippen molar-refractivity contribution in [2.75, 3.05) is 5.75 Å². The Kier molecular flexibility index (Phi) is 4.46. The molecule has 1 saturated heterocycles. The van der Waals surface area contributed by atoms with Crippen molar-refractivity contribution in [2.24, 2.45) is 0 Å². The summed E-state index contributed by atoms with van der Waals surface area (Å²) in [6, 6.07) is 4.21. The van der Waals surface area contributed by atoms with Gasteiger partial charge in [-0.1, -0.05) is 24.1 Å². The Labute approximate surface area is 110 Å². The molecule has 0 radical (unpaired) electrons. The molecule has 0 bridgehead atoms. The monoisotopic (exact) mass is 272 g/mol. The Morgan fingerprint density at radius 3 is 2.94 bits per heavy atom. The van der Waals surface area contributed by atoms with Crippen LogP contribution < -0.4 is 0 Å². The molecule has 0 N–H and O–H groups in total. The van der Waals surface area contributed by atoms with Crippen molar-refractivity contribution in [1.29, 1.82) is 0 Å². The quantitative estimate of drug-likeness (QED) is 0.831. The molecule has 1 unspecified atom stereocenters. The molecule has 17 heavy (non-hydrogen) atoms. The van der Waals surface area contributed by atoms with Crippen LogP contribution in [0.2, 0.25) is 5.02 Å². The topological polar surface area (TPSA) is 17.1 Å². The minimum atomic E-state index is -0.363. The molecule has 1 aliphatic heterocycles. The van der Waals surface area contributed by atoms with Gasteiger partial charge < -0.3 is 0 Å². The highest BCUT2D eigenvalue weighted by atomic mass is 35.5. The normalized spacial score (nSPS) is 20.2. The highest BCUT2D eigenvalue weighted by Gasteiger charge is 2.22. The van der Waals surface area contributed by atoms with Gasteiger partial charge in [0, 0.05) is 11.4 Å². The van der Waals surface area contributed by atoms with Crippen LogP contribution in [-0.2, 0) is 11.2 Å². The van der Waals surface area contributed by atoms with Crippen LogP contribution in [0.1, 0.15) is 24.8 Å². The van der Waals surface area contributed by atoms with Gasteiger partial charge in [-0.05, 0) is 36.3 Å². The number of carbonyl (C=O) groups excluding carboxylic acids is 1. The van der Waals surface area contributed by atoms with Crippen molar-refractivity contribution < 1.29 is 9.18 Å². The largest absolute Gasteiger partial charge is 0.298 e. The molecule has 0 spiro atoms. The third-order valence-electron chi connectivity index (χ3n) is 2.92. The van der Waals surface area contributed by atoms with E-state index in [2.05, 4.69) is 0 Å². The highest BCUT2D eigenvalue weighted by molar-refractivity contribution is 8.00. The Hall–Kier alpha value is -0.540. The first kappa shape index (κ1) is 12.9. The molecule has 1 atom stereocenters. The number of Topliss-reactive ketones (excluding diaryl/α,β-unsaturated/α-hetero) is 1. The summed E-state index contributed by atoms with van der Waals surface area (Å²) >= 11 is 7.65. The van der Waals surface area contributed by atoms with Crippen LogP contribution in [0.15, 0.2) is 18.2 Å². The van der Waals surface area contributed by atoms with Crippen LogP contribution in [0.25, 0.3) is 0 Å². The van der Waals surface area contributed by atoms with E-state index < -0.39 is 0 Å². The van der Waals surface area contributed by atoms with Gasteiger partial charge in [-0.3, -0.25) is 4.79 Å². The molecule has 1 aliphatic rings. The number of carbonyl (C=O) groups is 1. The third-order valence-corrected chi connectivity index (χ3v) is 4.70. The number of hydrogen-bond donors (Lipinski definition) is 0. The summed E-state index contributed by atoms with van der Waals surface area (Å²) < 4.78 is 12.9. The maximum atomic E-state index is 12.9. The molecule has 0 aliphatic carbocycles. The minimum absolute atomic E-state index is 0.102. The van der Waals surface area contributed by atoms with E-state index in [1.54, 1.807) is 17.8 Å². The summed E-state index contributed by atoms with van der Waals surface area (Å²) in [5.74, 6) is 0.912. The summed E-state index contributed by atoms with van der Waals surface area (Å²) in [5, 5.41) is 0.448. The SMILES string of the molecule is O=C(Cc1ccc(F)cc1Cl)C1CCCCS1. The lowest BCUT2D eigenvalue weighted by atomic mass is 10.0. The average Bonchev–Trinajstić information content (AvgIpc) is 2.34. The number of ketones is 1. The van der Waals surface area contributed by atoms with Crippen molar-refractivity contribution in [3.63, 3.8) is 0 Å². The molecule has 1 heterocycles. The van der Waals surface area contributed by atoms with Gasteiger partial charge in [0.2, 0.25) is 0 Å². The lowest BCUT2D eigenvalue weighted by Gasteiger charge is -2.20. The summed E-state index contributed by atoms with van der Waals surface area (Å²) in [5.41, 5.74) is 0.726. The molecule has 0 aromatic heterocycles. The van der Waals surface area contributed by atoms with E-state index in [-0.39, 0.29) is 16.9 Å². The van der Waals surface area contributed by atoms with Gasteiger partial charge in [-0.25, -0.2) is 4.39 Å². The Morgan fingerprint density at radius 1 is 1.47 bits per heavy atom. The van der Waals surface area contributed by atoms with Gasteiger partial charge in [-0.2, -0.15) is 11.8 Å². The molecule has 92 valence electrons. The Balaban J connectivity index is 2.02. The zero-order valence-electron chi connectivity index (χ0n) is 9.42. The van der Waals surface area contributed by atoms with Crippen molar-refractivity contribution in [3.05, 3.63) is 34.6 Å². The standard InChI is InChI=1S/C13H14ClFOS/c14-11-8-10(15)5-4-9(11)7-12(16)13-3-1-2-6-17-13/h4-5,8,13H,1-3,6-7H2. The molecule has 2 rings (SSSR count). The number of hydrogen-bond acceptors (Lipinski definition) is 2. The maximum absolute atomic E-state index is 12.9. The zero-order chi connectivity index (χ0) is 12.3. The number of rotatable bonds is 3. The minimum Gasteiger partial charge on any atom is -0.298 e. The summed E-state index contributed by atoms with van der Waals surface area (Å²) in [4.78, 5) is 12.0. The van der Waals surface area contributed by atoms with Crippen LogP contribution in [0, 0.1) is 5.82 Å². The molecule has 0 amide bonds. The molecular weight excluding hydrogens is 259 g/mol. The van der Waals surface area contributed by atoms with E-state index in [0.29, 0.717) is 11.4 Å². The fraction of sp³-hybridized carbons (Fsp3) is 0.462. The predicted octanol–water partition coefficient (Wildman–Crippen LogP) is 3.88. The van der Waals surface area contributed by atoms with Crippen molar-refractivity contribution in [3.8, 4) is 0 Å². The second-order valence-corrected chi connectivity index (χ2v) is 5.95. The number of thioether (sulfide) groups is 1. The van der Waals surface area contributed by atoms with E-state index in [0.717, 1.165) is 24.2 Å². The van der Waals surface area contributed by atoms with E-state index in [1.165, 1.54) is 18.6 Å². The summed E-state index contributed by atoms with van der Waals surface area (Å²) in [7, 11) is 0. The smallest absolute Gasteiger partial charge is 0.150 e. The molecular formula is C13H14ClFOS. The molecule has 1 nitrogen and oxygen atoms in total. The van der Waals surface area contributed by atoms with Gasteiger partial charge in [0.1, 0.15) is 11.6 Å². The van der Waals surface area contributed by atoms with Gasteiger partial charge >= 0.3 is 0 Å². The maximum Gasteiger partial charge on any atom is 0.150 e. The average molecular weight is 273 g/mol. The summed E-state index contributed by atoms with van der Waals surface area (Å²) in [6.45, 7) is 0. The fourth-order valence-electron chi connectivity index (χ4n) is 1.96. The number of halogens is 2. The highest BCUT2D eigenvalue weighted by Crippen LogP contribution is 2.27. The lowest BCUT2D eigenvalue weighted by molar-refractivity contribution is -0.118. The van der Waals surface area contributed by atoms with Gasteiger partial charge in [0.25, 0.3) is 0 Å². The first-order valence-electron chi connectivity index (χ1n) is 5.75. The van der Waals surface area contributed by atoms with Crippen LogP contribution >= 0.6 is 23.4 Å². The molecule has 4 heteroatoms. The molecule has 1 aromatic carbocycles. The van der Waals surface area contributed by atoms with E-state index in [4.69, 9.17) is 11.6 Å². The zero-order valence-corrected chi connectivity index (χ0v) is 11.0. The fourth-order valence-corrected chi connectivity index (χ4v) is 3.45. The van der Waals surface area contributed by atoms with Gasteiger partial charge in [0.15, 0.2) is 0 Å². The van der Waals surface area contributed by atoms with Gasteiger partial charge in [0.05, 0.1) is 5.25 Å². The molecule has 0 saturated carbocycles. The van der Waals surface area contributed by atoms with E-state index in [9.17, 15) is 9.18 Å². The lowest BCUT2D eigenvalue weighted by Crippen LogP contribution is -2.22. The molecule has 1 fully saturated rings. The first-order chi connectivity index (χ1) is 8.16. The second-order valence-electron chi connectivity index (χ2n) is 4.23. The van der Waals surface area contributed by atoms with E-state index in [1.807, 2.05) is 0 Å². The van der Waals surface area contributed by atoms with Gasteiger partial charge in [-0.15, -0.1) is 0 Å². The first-order valence-corrected chi connectivity index (χ1v) is 7.18. The second kappa shape index (κ2) is 5.87. The van der Waals surface area contributed by atoms with Crippen molar-refractivity contribution >= 4 is 29.1 Å². The Morgan fingerprint density at radius 2 is 2.29 bits per heavy atom. The summed E-state index contributed by atoms with van der Waals surface area (Å²) in [6.07, 6.45) is 3.60. The predicted molar refractivity (Wildman–Crippen MR) is 70.2 cm³/mol. The van der Waals surface area contributed by atoms with Crippen LogP contribution in [-0.4, -0.2) is 16.8 Å². The Bertz CT molecular complexity index is 416. The van der Waals surface area contributed by atoms with Crippen molar-refractivity contribution in [1.82, 2.24) is 0 Å². The molecule has 1 aromatic rings. The van der Waals surface area contributed by atoms with Crippen LogP contribution in [0.4, 0.5) is 4.39 Å². The van der Waals surface area contributed by atoms with Crippen molar-refractivity contribution in [2.45, 2.75) is 30.9 Å². The van der Waals surface area contributed by atoms with E-state index >= 15 is 0 Å².